The molecular formula is C16H26N2O2. The largest absolute Gasteiger partial charge is 0.497 e. The fourth-order valence-electron chi connectivity index (χ4n) is 2.10. The number of ether oxygens (including phenoxy) is 1. The SMILES string of the molecule is COc1cccc(CN(C)C(=O)CCCCCCN)c1. The van der Waals surface area contributed by atoms with Crippen LogP contribution in [0.5, 0.6) is 5.75 Å². The molecule has 4 heteroatoms. The first kappa shape index (κ1) is 16.5. The van der Waals surface area contributed by atoms with Gasteiger partial charge in [-0.25, -0.2) is 0 Å². The number of hydrogen-bond acceptors (Lipinski definition) is 3. The van der Waals surface area contributed by atoms with Gasteiger partial charge in [-0.15, -0.1) is 0 Å². The Hall–Kier alpha value is -1.55. The Labute approximate surface area is 121 Å². The molecule has 0 unspecified atom stereocenters. The molecule has 1 rings (SSSR count). The number of nitrogens with two attached hydrogens (primary N) is 1. The highest BCUT2D eigenvalue weighted by Gasteiger charge is 2.09. The molecule has 1 aromatic carbocycles. The molecule has 0 radical (unpaired) electrons. The van der Waals surface area contributed by atoms with E-state index < -0.39 is 0 Å². The van der Waals surface area contributed by atoms with Crippen LogP contribution in [0, 0.1) is 0 Å². The number of methoxy groups -OCH3 is 1. The molecule has 1 amide bonds. The summed E-state index contributed by atoms with van der Waals surface area (Å²) in [7, 11) is 3.50. The maximum Gasteiger partial charge on any atom is 0.222 e. The van der Waals surface area contributed by atoms with Gasteiger partial charge in [0, 0.05) is 20.0 Å². The van der Waals surface area contributed by atoms with Crippen molar-refractivity contribution in [1.29, 1.82) is 0 Å². The second kappa shape index (κ2) is 9.37. The normalized spacial score (nSPS) is 10.3. The average molecular weight is 278 g/mol. The molecule has 20 heavy (non-hydrogen) atoms. The van der Waals surface area contributed by atoms with Crippen molar-refractivity contribution >= 4 is 5.91 Å². The van der Waals surface area contributed by atoms with Gasteiger partial charge in [0.05, 0.1) is 7.11 Å². The molecule has 0 aliphatic carbocycles. The van der Waals surface area contributed by atoms with Crippen LogP contribution in [0.3, 0.4) is 0 Å². The van der Waals surface area contributed by atoms with Crippen molar-refractivity contribution in [2.24, 2.45) is 5.73 Å². The van der Waals surface area contributed by atoms with E-state index in [1.165, 1.54) is 0 Å². The molecule has 2 N–H and O–H groups in total. The Morgan fingerprint density at radius 1 is 1.25 bits per heavy atom. The Bertz CT molecular complexity index is 407. The van der Waals surface area contributed by atoms with E-state index in [4.69, 9.17) is 10.5 Å². The van der Waals surface area contributed by atoms with Crippen molar-refractivity contribution < 1.29 is 9.53 Å². The summed E-state index contributed by atoms with van der Waals surface area (Å²) in [4.78, 5) is 13.8. The van der Waals surface area contributed by atoms with Crippen LogP contribution in [-0.2, 0) is 11.3 Å². The second-order valence-electron chi connectivity index (χ2n) is 5.05. The molecule has 0 saturated heterocycles. The molecule has 1 aromatic rings. The van der Waals surface area contributed by atoms with E-state index in [-0.39, 0.29) is 5.91 Å². The molecule has 0 atom stereocenters. The van der Waals surface area contributed by atoms with Crippen LogP contribution in [0.1, 0.15) is 37.7 Å². The second-order valence-corrected chi connectivity index (χ2v) is 5.05. The number of amides is 1. The summed E-state index contributed by atoms with van der Waals surface area (Å²) in [5.41, 5.74) is 6.53. The van der Waals surface area contributed by atoms with E-state index in [1.807, 2.05) is 31.3 Å². The maximum absolute atomic E-state index is 12.0. The van der Waals surface area contributed by atoms with Gasteiger partial charge in [-0.05, 0) is 37.1 Å². The number of carbonyl (C=O) groups is 1. The monoisotopic (exact) mass is 278 g/mol. The first-order chi connectivity index (χ1) is 9.67. The number of benzene rings is 1. The summed E-state index contributed by atoms with van der Waals surface area (Å²) in [5, 5.41) is 0. The summed E-state index contributed by atoms with van der Waals surface area (Å²) in [6, 6.07) is 7.82. The Kier molecular flexibility index (Phi) is 7.73. The lowest BCUT2D eigenvalue weighted by Crippen LogP contribution is -2.25. The summed E-state index contributed by atoms with van der Waals surface area (Å²) >= 11 is 0. The van der Waals surface area contributed by atoms with Crippen molar-refractivity contribution in [3.05, 3.63) is 29.8 Å². The molecule has 0 bridgehead atoms. The number of carbonyl (C=O) groups excluding carboxylic acids is 1. The molecule has 0 spiro atoms. The van der Waals surface area contributed by atoms with E-state index in [9.17, 15) is 4.79 Å². The van der Waals surface area contributed by atoms with Gasteiger partial charge >= 0.3 is 0 Å². The smallest absolute Gasteiger partial charge is 0.222 e. The number of nitrogens with zero attached hydrogens (tertiary/aromatic N) is 1. The minimum atomic E-state index is 0.195. The highest BCUT2D eigenvalue weighted by atomic mass is 16.5. The first-order valence-corrected chi connectivity index (χ1v) is 7.24. The van der Waals surface area contributed by atoms with Gasteiger partial charge in [-0.1, -0.05) is 25.0 Å². The highest BCUT2D eigenvalue weighted by Crippen LogP contribution is 2.14. The minimum Gasteiger partial charge on any atom is -0.497 e. The van der Waals surface area contributed by atoms with Crippen LogP contribution in [0.15, 0.2) is 24.3 Å². The highest BCUT2D eigenvalue weighted by molar-refractivity contribution is 5.75. The lowest BCUT2D eigenvalue weighted by Gasteiger charge is -2.17. The van der Waals surface area contributed by atoms with Crippen LogP contribution in [0.4, 0.5) is 0 Å². The summed E-state index contributed by atoms with van der Waals surface area (Å²) in [6.45, 7) is 1.36. The summed E-state index contributed by atoms with van der Waals surface area (Å²) in [6.07, 6.45) is 4.81. The van der Waals surface area contributed by atoms with Crippen molar-refractivity contribution in [3.63, 3.8) is 0 Å². The van der Waals surface area contributed by atoms with E-state index in [2.05, 4.69) is 0 Å². The predicted molar refractivity (Wildman–Crippen MR) is 81.6 cm³/mol. The fraction of sp³-hybridized carbons (Fsp3) is 0.562. The third-order valence-corrected chi connectivity index (χ3v) is 3.32. The zero-order chi connectivity index (χ0) is 14.8. The molecule has 0 aliphatic rings. The third kappa shape index (κ3) is 6.06. The fourth-order valence-corrected chi connectivity index (χ4v) is 2.10. The van der Waals surface area contributed by atoms with Crippen LogP contribution in [0.25, 0.3) is 0 Å². The Morgan fingerprint density at radius 2 is 2.00 bits per heavy atom. The standard InChI is InChI=1S/C16H26N2O2/c1-18(16(19)10-5-3-4-6-11-17)13-14-8-7-9-15(12-14)20-2/h7-9,12H,3-6,10-11,13,17H2,1-2H3. The number of hydrogen-bond donors (Lipinski definition) is 1. The lowest BCUT2D eigenvalue weighted by atomic mass is 10.1. The molecule has 0 aliphatic heterocycles. The molecule has 0 fully saturated rings. The molecule has 112 valence electrons. The zero-order valence-electron chi connectivity index (χ0n) is 12.6. The van der Waals surface area contributed by atoms with E-state index in [0.717, 1.165) is 43.5 Å². The quantitative estimate of drug-likeness (QED) is 0.706. The van der Waals surface area contributed by atoms with Gasteiger partial charge in [0.2, 0.25) is 5.91 Å². The Balaban J connectivity index is 2.33. The van der Waals surface area contributed by atoms with E-state index in [1.54, 1.807) is 12.0 Å². The van der Waals surface area contributed by atoms with Crippen molar-refractivity contribution in [2.75, 3.05) is 20.7 Å². The number of unbranched alkanes of at least 4 members (excludes halogenated alkanes) is 3. The summed E-state index contributed by atoms with van der Waals surface area (Å²) < 4.78 is 5.19. The predicted octanol–water partition coefficient (Wildman–Crippen LogP) is 2.56. The van der Waals surface area contributed by atoms with Crippen molar-refractivity contribution in [1.82, 2.24) is 4.90 Å². The molecule has 0 aromatic heterocycles. The molecule has 4 nitrogen and oxygen atoms in total. The van der Waals surface area contributed by atoms with Gasteiger partial charge in [0.25, 0.3) is 0 Å². The van der Waals surface area contributed by atoms with Gasteiger partial charge < -0.3 is 15.4 Å². The third-order valence-electron chi connectivity index (χ3n) is 3.32. The zero-order valence-corrected chi connectivity index (χ0v) is 12.6. The first-order valence-electron chi connectivity index (χ1n) is 7.24. The van der Waals surface area contributed by atoms with E-state index >= 15 is 0 Å². The van der Waals surface area contributed by atoms with E-state index in [0.29, 0.717) is 13.0 Å². The van der Waals surface area contributed by atoms with Crippen molar-refractivity contribution in [3.8, 4) is 5.75 Å². The summed E-state index contributed by atoms with van der Waals surface area (Å²) in [5.74, 6) is 1.02. The molecular weight excluding hydrogens is 252 g/mol. The van der Waals surface area contributed by atoms with Gasteiger partial charge in [-0.2, -0.15) is 0 Å². The lowest BCUT2D eigenvalue weighted by molar-refractivity contribution is -0.130. The molecule has 0 heterocycles. The number of rotatable bonds is 9. The van der Waals surface area contributed by atoms with Crippen LogP contribution in [0.2, 0.25) is 0 Å². The molecule has 0 saturated carbocycles. The van der Waals surface area contributed by atoms with Gasteiger partial charge in [-0.3, -0.25) is 4.79 Å². The maximum atomic E-state index is 12.0. The van der Waals surface area contributed by atoms with Crippen LogP contribution in [-0.4, -0.2) is 31.5 Å². The van der Waals surface area contributed by atoms with Crippen molar-refractivity contribution in [2.45, 2.75) is 38.6 Å². The average Bonchev–Trinajstić information content (AvgIpc) is 2.47. The topological polar surface area (TPSA) is 55.6 Å². The Morgan fingerprint density at radius 3 is 2.70 bits per heavy atom. The van der Waals surface area contributed by atoms with Gasteiger partial charge in [0.1, 0.15) is 5.75 Å². The van der Waals surface area contributed by atoms with Crippen LogP contribution < -0.4 is 10.5 Å². The van der Waals surface area contributed by atoms with Gasteiger partial charge in [0.15, 0.2) is 0 Å². The van der Waals surface area contributed by atoms with Crippen LogP contribution >= 0.6 is 0 Å². The minimum absolute atomic E-state index is 0.195.